The molecule has 1 aliphatic rings. The molecule has 3 aromatic rings. The Labute approximate surface area is 150 Å². The molecule has 0 unspecified atom stereocenters. The minimum atomic E-state index is -0.215. The van der Waals surface area contributed by atoms with Crippen LogP contribution in [0.2, 0.25) is 0 Å². The highest BCUT2D eigenvalue weighted by Gasteiger charge is 2.24. The fourth-order valence-electron chi connectivity index (χ4n) is 3.52. The van der Waals surface area contributed by atoms with Crippen LogP contribution in [0, 0.1) is 6.92 Å². The summed E-state index contributed by atoms with van der Waals surface area (Å²) in [6.07, 6.45) is 3.71. The number of carbonyl (C=O) groups is 1. The molecule has 2 aromatic heterocycles. The van der Waals surface area contributed by atoms with E-state index >= 15 is 0 Å². The zero-order valence-electron chi connectivity index (χ0n) is 14.7. The summed E-state index contributed by atoms with van der Waals surface area (Å²) in [7, 11) is 0. The molecule has 134 valence electrons. The maximum atomic E-state index is 13.0. The number of pyridine rings is 1. The van der Waals surface area contributed by atoms with Gasteiger partial charge in [-0.25, -0.2) is 0 Å². The molecule has 26 heavy (non-hydrogen) atoms. The lowest BCUT2D eigenvalue weighted by molar-refractivity contribution is 0.0622. The average Bonchev–Trinajstić information content (AvgIpc) is 3.18. The highest BCUT2D eigenvalue weighted by molar-refractivity contribution is 5.99. The summed E-state index contributed by atoms with van der Waals surface area (Å²) in [4.78, 5) is 32.2. The molecule has 3 heterocycles. The third-order valence-corrected chi connectivity index (χ3v) is 5.02. The van der Waals surface area contributed by atoms with Crippen LogP contribution in [0.15, 0.2) is 41.5 Å². The summed E-state index contributed by atoms with van der Waals surface area (Å²) in [5, 5.41) is 8.23. The van der Waals surface area contributed by atoms with E-state index in [0.717, 1.165) is 36.1 Å². The van der Waals surface area contributed by atoms with Gasteiger partial charge in [-0.05, 0) is 23.9 Å². The Hall–Kier alpha value is -2.93. The summed E-state index contributed by atoms with van der Waals surface area (Å²) >= 11 is 0. The van der Waals surface area contributed by atoms with Crippen LogP contribution in [-0.4, -0.2) is 57.1 Å². The maximum Gasteiger partial charge on any atom is 0.270 e. The largest absolute Gasteiger partial charge is 0.335 e. The molecule has 0 spiro atoms. The van der Waals surface area contributed by atoms with Gasteiger partial charge in [-0.1, -0.05) is 18.2 Å². The Morgan fingerprint density at radius 2 is 1.88 bits per heavy atom. The lowest BCUT2D eigenvalue weighted by Gasteiger charge is -2.34. The number of aryl methyl sites for hydroxylation is 1. The van der Waals surface area contributed by atoms with Crippen molar-refractivity contribution in [1.29, 1.82) is 0 Å². The average molecular weight is 351 g/mol. The first-order chi connectivity index (χ1) is 12.6. The quantitative estimate of drug-likeness (QED) is 0.749. The van der Waals surface area contributed by atoms with Crippen molar-refractivity contribution in [2.24, 2.45) is 0 Å². The van der Waals surface area contributed by atoms with Gasteiger partial charge in [0.05, 0.1) is 6.20 Å². The van der Waals surface area contributed by atoms with Gasteiger partial charge in [0.2, 0.25) is 0 Å². The minimum Gasteiger partial charge on any atom is -0.335 e. The van der Waals surface area contributed by atoms with Crippen LogP contribution in [-0.2, 0) is 6.54 Å². The Morgan fingerprint density at radius 1 is 1.15 bits per heavy atom. The van der Waals surface area contributed by atoms with Crippen LogP contribution in [0.4, 0.5) is 0 Å². The molecule has 1 saturated heterocycles. The molecule has 0 saturated carbocycles. The van der Waals surface area contributed by atoms with Crippen molar-refractivity contribution in [2.45, 2.75) is 13.5 Å². The number of fused-ring (bicyclic) bond motifs is 1. The Kier molecular flexibility index (Phi) is 4.30. The standard InChI is InChI=1S/C19H21N5O2/c1-13-15-4-2-3-5-16(15)18(25)22-17(13)19(26)24-8-6-23(7-9-24)12-14-10-20-21-11-14/h2-5,10-11H,6-9,12H2,1H3,(H,20,21)(H,22,25). The van der Waals surface area contributed by atoms with E-state index in [-0.39, 0.29) is 11.5 Å². The lowest BCUT2D eigenvalue weighted by Crippen LogP contribution is -2.48. The van der Waals surface area contributed by atoms with Crippen molar-refractivity contribution < 1.29 is 4.79 Å². The van der Waals surface area contributed by atoms with Crippen LogP contribution in [0.3, 0.4) is 0 Å². The smallest absolute Gasteiger partial charge is 0.270 e. The van der Waals surface area contributed by atoms with Gasteiger partial charge in [0.25, 0.3) is 11.5 Å². The predicted octanol–water partition coefficient (Wildman–Crippen LogP) is 1.52. The van der Waals surface area contributed by atoms with Gasteiger partial charge >= 0.3 is 0 Å². The van der Waals surface area contributed by atoms with Crippen molar-refractivity contribution >= 4 is 16.7 Å². The number of piperazine rings is 1. The van der Waals surface area contributed by atoms with Gasteiger partial charge in [-0.15, -0.1) is 0 Å². The fraction of sp³-hybridized carbons (Fsp3) is 0.316. The molecule has 1 fully saturated rings. The highest BCUT2D eigenvalue weighted by atomic mass is 16.2. The van der Waals surface area contributed by atoms with Crippen LogP contribution in [0.1, 0.15) is 21.6 Å². The normalized spacial score (nSPS) is 15.5. The predicted molar refractivity (Wildman–Crippen MR) is 99.1 cm³/mol. The molecule has 4 rings (SSSR count). The lowest BCUT2D eigenvalue weighted by atomic mass is 10.0. The van der Waals surface area contributed by atoms with E-state index in [1.54, 1.807) is 6.07 Å². The van der Waals surface area contributed by atoms with E-state index in [1.807, 2.05) is 42.4 Å². The monoisotopic (exact) mass is 351 g/mol. The van der Waals surface area contributed by atoms with Gasteiger partial charge in [-0.3, -0.25) is 19.6 Å². The number of aromatic amines is 2. The van der Waals surface area contributed by atoms with Crippen LogP contribution < -0.4 is 5.56 Å². The van der Waals surface area contributed by atoms with E-state index in [2.05, 4.69) is 20.1 Å². The summed E-state index contributed by atoms with van der Waals surface area (Å²) in [5.41, 5.74) is 2.15. The van der Waals surface area contributed by atoms with Crippen molar-refractivity contribution in [3.05, 3.63) is 63.8 Å². The van der Waals surface area contributed by atoms with Gasteiger partial charge in [0.15, 0.2) is 0 Å². The van der Waals surface area contributed by atoms with Crippen LogP contribution in [0.5, 0.6) is 0 Å². The Bertz CT molecular complexity index is 985. The minimum absolute atomic E-state index is 0.103. The number of nitrogens with zero attached hydrogens (tertiary/aromatic N) is 3. The van der Waals surface area contributed by atoms with E-state index in [0.29, 0.717) is 24.2 Å². The number of amides is 1. The second-order valence-electron chi connectivity index (χ2n) is 6.67. The molecular weight excluding hydrogens is 330 g/mol. The third kappa shape index (κ3) is 3.01. The number of nitrogens with one attached hydrogen (secondary N) is 2. The van der Waals surface area contributed by atoms with Gasteiger partial charge < -0.3 is 9.88 Å². The summed E-state index contributed by atoms with van der Waals surface area (Å²) < 4.78 is 0. The van der Waals surface area contributed by atoms with Crippen molar-refractivity contribution in [3.8, 4) is 0 Å². The van der Waals surface area contributed by atoms with Crippen molar-refractivity contribution in [1.82, 2.24) is 25.0 Å². The van der Waals surface area contributed by atoms with E-state index in [4.69, 9.17) is 0 Å². The number of rotatable bonds is 3. The number of hydrogen-bond donors (Lipinski definition) is 2. The second-order valence-corrected chi connectivity index (χ2v) is 6.67. The van der Waals surface area contributed by atoms with Crippen LogP contribution in [0.25, 0.3) is 10.8 Å². The van der Waals surface area contributed by atoms with Gasteiger partial charge in [0.1, 0.15) is 5.69 Å². The molecule has 0 aliphatic carbocycles. The molecule has 1 amide bonds. The molecule has 0 radical (unpaired) electrons. The van der Waals surface area contributed by atoms with E-state index in [1.165, 1.54) is 0 Å². The SMILES string of the molecule is Cc1c(C(=O)N2CCN(Cc3cn[nH]c3)CC2)[nH]c(=O)c2ccccc12. The molecule has 0 bridgehead atoms. The molecule has 1 aromatic carbocycles. The molecule has 7 heteroatoms. The summed E-state index contributed by atoms with van der Waals surface area (Å²) in [6.45, 7) is 5.60. The molecule has 0 atom stereocenters. The number of hydrogen-bond acceptors (Lipinski definition) is 4. The van der Waals surface area contributed by atoms with E-state index < -0.39 is 0 Å². The zero-order valence-corrected chi connectivity index (χ0v) is 14.7. The maximum absolute atomic E-state index is 13.0. The first-order valence-electron chi connectivity index (χ1n) is 8.74. The molecular formula is C19H21N5O2. The summed E-state index contributed by atoms with van der Waals surface area (Å²) in [5.74, 6) is -0.103. The fourth-order valence-corrected chi connectivity index (χ4v) is 3.52. The topological polar surface area (TPSA) is 85.1 Å². The first-order valence-corrected chi connectivity index (χ1v) is 8.74. The van der Waals surface area contributed by atoms with Crippen molar-refractivity contribution in [2.75, 3.05) is 26.2 Å². The first kappa shape index (κ1) is 16.5. The zero-order chi connectivity index (χ0) is 18.1. The molecule has 2 N–H and O–H groups in total. The number of aromatic nitrogens is 3. The number of benzene rings is 1. The Morgan fingerprint density at radius 3 is 2.58 bits per heavy atom. The van der Waals surface area contributed by atoms with Crippen LogP contribution >= 0.6 is 0 Å². The second kappa shape index (κ2) is 6.76. The number of carbonyl (C=O) groups excluding carboxylic acids is 1. The van der Waals surface area contributed by atoms with E-state index in [9.17, 15) is 9.59 Å². The number of H-pyrrole nitrogens is 2. The van der Waals surface area contributed by atoms with Crippen molar-refractivity contribution in [3.63, 3.8) is 0 Å². The van der Waals surface area contributed by atoms with Gasteiger partial charge in [-0.2, -0.15) is 5.10 Å². The van der Waals surface area contributed by atoms with Gasteiger partial charge in [0, 0.05) is 49.9 Å². The summed E-state index contributed by atoms with van der Waals surface area (Å²) in [6, 6.07) is 7.39. The molecule has 1 aliphatic heterocycles. The third-order valence-electron chi connectivity index (χ3n) is 5.02. The Balaban J connectivity index is 1.51. The highest BCUT2D eigenvalue weighted by Crippen LogP contribution is 2.19. The molecule has 7 nitrogen and oxygen atoms in total.